The normalized spacial score (nSPS) is 17.0. The van der Waals surface area contributed by atoms with Crippen molar-refractivity contribution >= 4 is 46.5 Å². The highest BCUT2D eigenvalue weighted by molar-refractivity contribution is 8.00. The fraction of sp³-hybridized carbons (Fsp3) is 0.588. The largest absolute Gasteiger partial charge is 0.339 e. The Kier molecular flexibility index (Phi) is 6.12. The summed E-state index contributed by atoms with van der Waals surface area (Å²) < 4.78 is 1.75. The van der Waals surface area contributed by atoms with Crippen LogP contribution in [0.25, 0.3) is 5.65 Å². The standard InChI is InChI=1S/C17H22Cl2N4OS/c1-3-22(13-7-5-4-6-8-13)16(24)11(2)25-17-21-20-15-14(19)9-12(18)10-23(15)17/h9-11,13H,3-8H2,1-2H3. The molecule has 5 nitrogen and oxygen atoms in total. The van der Waals surface area contributed by atoms with Gasteiger partial charge in [0.05, 0.1) is 15.3 Å². The zero-order valence-corrected chi connectivity index (χ0v) is 16.7. The number of hydrogen-bond acceptors (Lipinski definition) is 4. The highest BCUT2D eigenvalue weighted by atomic mass is 35.5. The van der Waals surface area contributed by atoms with E-state index in [4.69, 9.17) is 23.2 Å². The van der Waals surface area contributed by atoms with Gasteiger partial charge in [-0.3, -0.25) is 9.20 Å². The topological polar surface area (TPSA) is 50.5 Å². The number of halogens is 2. The summed E-state index contributed by atoms with van der Waals surface area (Å²) in [5, 5.41) is 9.62. The van der Waals surface area contributed by atoms with Crippen molar-refractivity contribution in [3.63, 3.8) is 0 Å². The third-order valence-electron chi connectivity index (χ3n) is 4.66. The number of hydrogen-bond donors (Lipinski definition) is 0. The molecular formula is C17H22Cl2N4OS. The van der Waals surface area contributed by atoms with Crippen molar-refractivity contribution in [1.29, 1.82) is 0 Å². The van der Waals surface area contributed by atoms with Crippen LogP contribution in [0.2, 0.25) is 10.0 Å². The molecule has 1 unspecified atom stereocenters. The number of pyridine rings is 1. The van der Waals surface area contributed by atoms with Crippen molar-refractivity contribution in [2.24, 2.45) is 0 Å². The van der Waals surface area contributed by atoms with Crippen molar-refractivity contribution in [2.75, 3.05) is 6.54 Å². The van der Waals surface area contributed by atoms with E-state index in [0.717, 1.165) is 19.4 Å². The molecule has 1 amide bonds. The van der Waals surface area contributed by atoms with Gasteiger partial charge in [-0.05, 0) is 32.8 Å². The first kappa shape index (κ1) is 18.8. The Morgan fingerprint density at radius 1 is 1.36 bits per heavy atom. The molecule has 136 valence electrons. The van der Waals surface area contributed by atoms with Gasteiger partial charge in [-0.25, -0.2) is 0 Å². The maximum absolute atomic E-state index is 13.0. The van der Waals surface area contributed by atoms with Crippen LogP contribution in [0.4, 0.5) is 0 Å². The number of rotatable bonds is 5. The Labute approximate surface area is 162 Å². The molecule has 0 aliphatic heterocycles. The maximum Gasteiger partial charge on any atom is 0.236 e. The summed E-state index contributed by atoms with van der Waals surface area (Å²) in [7, 11) is 0. The third-order valence-corrected chi connectivity index (χ3v) is 6.19. The zero-order valence-electron chi connectivity index (χ0n) is 14.4. The molecule has 1 fully saturated rings. The summed E-state index contributed by atoms with van der Waals surface area (Å²) in [6.45, 7) is 4.72. The van der Waals surface area contributed by atoms with E-state index < -0.39 is 0 Å². The average Bonchev–Trinajstić information content (AvgIpc) is 2.99. The molecule has 1 atom stereocenters. The number of aromatic nitrogens is 3. The molecule has 8 heteroatoms. The fourth-order valence-electron chi connectivity index (χ4n) is 3.41. The SMILES string of the molecule is CCN(C(=O)C(C)Sc1nnc2c(Cl)cc(Cl)cn12)C1CCCCC1. The van der Waals surface area contributed by atoms with Gasteiger partial charge in [-0.2, -0.15) is 0 Å². The van der Waals surface area contributed by atoms with Gasteiger partial charge in [-0.15, -0.1) is 10.2 Å². The summed E-state index contributed by atoms with van der Waals surface area (Å²) >= 11 is 13.6. The molecule has 0 spiro atoms. The van der Waals surface area contributed by atoms with E-state index in [-0.39, 0.29) is 11.2 Å². The van der Waals surface area contributed by atoms with E-state index in [0.29, 0.717) is 26.9 Å². The van der Waals surface area contributed by atoms with Crippen molar-refractivity contribution < 1.29 is 4.79 Å². The molecule has 0 N–H and O–H groups in total. The lowest BCUT2D eigenvalue weighted by atomic mass is 9.94. The van der Waals surface area contributed by atoms with Gasteiger partial charge in [0.25, 0.3) is 0 Å². The van der Waals surface area contributed by atoms with Crippen LogP contribution in [0.5, 0.6) is 0 Å². The van der Waals surface area contributed by atoms with Gasteiger partial charge in [0.15, 0.2) is 10.8 Å². The number of thioether (sulfide) groups is 1. The second kappa shape index (κ2) is 8.14. The number of carbonyl (C=O) groups excluding carboxylic acids is 1. The summed E-state index contributed by atoms with van der Waals surface area (Å²) in [6, 6.07) is 2.01. The zero-order chi connectivity index (χ0) is 18.0. The molecule has 25 heavy (non-hydrogen) atoms. The second-order valence-electron chi connectivity index (χ2n) is 6.36. The van der Waals surface area contributed by atoms with E-state index in [1.807, 2.05) is 11.8 Å². The third kappa shape index (κ3) is 4.07. The van der Waals surface area contributed by atoms with Crippen LogP contribution in [0, 0.1) is 0 Å². The van der Waals surface area contributed by atoms with Gasteiger partial charge >= 0.3 is 0 Å². The Hall–Kier alpha value is -0.980. The fourth-order valence-corrected chi connectivity index (χ4v) is 4.81. The second-order valence-corrected chi connectivity index (χ2v) is 8.51. The molecule has 2 heterocycles. The highest BCUT2D eigenvalue weighted by Gasteiger charge is 2.29. The maximum atomic E-state index is 13.0. The van der Waals surface area contributed by atoms with Crippen LogP contribution in [0.3, 0.4) is 0 Å². The Balaban J connectivity index is 1.77. The summed E-state index contributed by atoms with van der Waals surface area (Å²) in [6.07, 6.45) is 7.64. The van der Waals surface area contributed by atoms with E-state index in [1.54, 1.807) is 16.7 Å². The van der Waals surface area contributed by atoms with Crippen LogP contribution in [0.1, 0.15) is 46.0 Å². The molecule has 0 saturated heterocycles. The number of nitrogens with zero attached hydrogens (tertiary/aromatic N) is 4. The molecule has 1 aliphatic rings. The smallest absolute Gasteiger partial charge is 0.236 e. The lowest BCUT2D eigenvalue weighted by molar-refractivity contribution is -0.133. The van der Waals surface area contributed by atoms with E-state index in [1.165, 1.54) is 31.0 Å². The molecule has 1 saturated carbocycles. The minimum absolute atomic E-state index is 0.157. The minimum Gasteiger partial charge on any atom is -0.339 e. The number of fused-ring (bicyclic) bond motifs is 1. The molecule has 0 aromatic carbocycles. The summed E-state index contributed by atoms with van der Waals surface area (Å²) in [5.74, 6) is 0.157. The first-order valence-electron chi connectivity index (χ1n) is 8.68. The Morgan fingerprint density at radius 2 is 2.08 bits per heavy atom. The summed E-state index contributed by atoms with van der Waals surface area (Å²) in [4.78, 5) is 15.0. The Bertz CT molecular complexity index is 760. The van der Waals surface area contributed by atoms with Crippen molar-refractivity contribution in [3.05, 3.63) is 22.3 Å². The van der Waals surface area contributed by atoms with Crippen LogP contribution in [0.15, 0.2) is 17.4 Å². The van der Waals surface area contributed by atoms with Crippen LogP contribution < -0.4 is 0 Å². The van der Waals surface area contributed by atoms with Crippen LogP contribution in [-0.4, -0.2) is 43.2 Å². The quantitative estimate of drug-likeness (QED) is 0.682. The van der Waals surface area contributed by atoms with Gasteiger partial charge < -0.3 is 4.90 Å². The first-order chi connectivity index (χ1) is 12.0. The van der Waals surface area contributed by atoms with E-state index in [2.05, 4.69) is 17.1 Å². The number of carbonyl (C=O) groups is 1. The van der Waals surface area contributed by atoms with Crippen LogP contribution >= 0.6 is 35.0 Å². The lowest BCUT2D eigenvalue weighted by Crippen LogP contribution is -2.44. The van der Waals surface area contributed by atoms with Crippen molar-refractivity contribution in [3.8, 4) is 0 Å². The first-order valence-corrected chi connectivity index (χ1v) is 10.3. The van der Waals surface area contributed by atoms with E-state index in [9.17, 15) is 4.79 Å². The van der Waals surface area contributed by atoms with E-state index >= 15 is 0 Å². The molecule has 2 aromatic heterocycles. The molecule has 0 bridgehead atoms. The molecule has 0 radical (unpaired) electrons. The summed E-state index contributed by atoms with van der Waals surface area (Å²) in [5.41, 5.74) is 0.549. The highest BCUT2D eigenvalue weighted by Crippen LogP contribution is 2.30. The van der Waals surface area contributed by atoms with Crippen LogP contribution in [-0.2, 0) is 4.79 Å². The molecule has 3 rings (SSSR count). The van der Waals surface area contributed by atoms with Gasteiger partial charge in [-0.1, -0.05) is 54.2 Å². The predicted octanol–water partition coefficient (Wildman–Crippen LogP) is 4.70. The molecule has 1 aliphatic carbocycles. The Morgan fingerprint density at radius 3 is 2.76 bits per heavy atom. The monoisotopic (exact) mass is 400 g/mol. The minimum atomic E-state index is -0.243. The average molecular weight is 401 g/mol. The van der Waals surface area contributed by atoms with Crippen molar-refractivity contribution in [1.82, 2.24) is 19.5 Å². The van der Waals surface area contributed by atoms with Gasteiger partial charge in [0, 0.05) is 18.8 Å². The van der Waals surface area contributed by atoms with Gasteiger partial charge in [0.2, 0.25) is 5.91 Å². The van der Waals surface area contributed by atoms with Gasteiger partial charge in [0.1, 0.15) is 0 Å². The number of amides is 1. The lowest BCUT2D eigenvalue weighted by Gasteiger charge is -2.35. The van der Waals surface area contributed by atoms with Crippen molar-refractivity contribution in [2.45, 2.75) is 62.4 Å². The molecule has 2 aromatic rings. The molecular weight excluding hydrogens is 379 g/mol. The predicted molar refractivity (Wildman–Crippen MR) is 103 cm³/mol.